The van der Waals surface area contributed by atoms with Crippen LogP contribution in [0.25, 0.3) is 10.8 Å². The van der Waals surface area contributed by atoms with Gasteiger partial charge in [0, 0.05) is 11.8 Å². The minimum atomic E-state index is -0.937. The van der Waals surface area contributed by atoms with Crippen LogP contribution in [0.2, 0.25) is 0 Å². The maximum atomic E-state index is 12.5. The lowest BCUT2D eigenvalue weighted by molar-refractivity contribution is -0.123. The first-order valence-corrected chi connectivity index (χ1v) is 8.22. The van der Waals surface area contributed by atoms with Crippen molar-refractivity contribution in [2.45, 2.75) is 13.0 Å². The van der Waals surface area contributed by atoms with Gasteiger partial charge in [0.05, 0.1) is 12.7 Å². The van der Waals surface area contributed by atoms with Crippen molar-refractivity contribution >= 4 is 28.3 Å². The second-order valence-corrected chi connectivity index (χ2v) is 5.80. The highest BCUT2D eigenvalue weighted by atomic mass is 16.5. The van der Waals surface area contributed by atoms with Crippen molar-refractivity contribution in [2.75, 3.05) is 12.4 Å². The number of carbonyl (C=O) groups is 2. The predicted octanol–water partition coefficient (Wildman–Crippen LogP) is 4.03. The van der Waals surface area contributed by atoms with Crippen molar-refractivity contribution in [2.24, 2.45) is 0 Å². The Kier molecular flexibility index (Phi) is 5.17. The molecule has 0 saturated heterocycles. The number of benzene rings is 3. The molecule has 0 radical (unpaired) electrons. The average Bonchev–Trinajstić information content (AvgIpc) is 2.67. The number of amides is 1. The summed E-state index contributed by atoms with van der Waals surface area (Å²) in [5.74, 6) is -0.315. The summed E-state index contributed by atoms with van der Waals surface area (Å²) in [5.41, 5.74) is 1.01. The van der Waals surface area contributed by atoms with Gasteiger partial charge in [0.1, 0.15) is 5.75 Å². The Labute approximate surface area is 151 Å². The van der Waals surface area contributed by atoms with Crippen LogP contribution in [0.1, 0.15) is 17.3 Å². The van der Waals surface area contributed by atoms with Crippen molar-refractivity contribution in [3.05, 3.63) is 72.3 Å². The Morgan fingerprint density at radius 3 is 2.50 bits per heavy atom. The van der Waals surface area contributed by atoms with Gasteiger partial charge in [0.15, 0.2) is 6.10 Å². The molecule has 1 N–H and O–H groups in total. The van der Waals surface area contributed by atoms with E-state index >= 15 is 0 Å². The normalized spacial score (nSPS) is 11.6. The van der Waals surface area contributed by atoms with Gasteiger partial charge in [-0.25, -0.2) is 4.79 Å². The van der Waals surface area contributed by atoms with Crippen LogP contribution in [0.4, 0.5) is 5.69 Å². The molecule has 0 aliphatic rings. The molecule has 0 aliphatic heterocycles. The Hall–Kier alpha value is -3.34. The molecular weight excluding hydrogens is 330 g/mol. The lowest BCUT2D eigenvalue weighted by atomic mass is 10.0. The zero-order valence-corrected chi connectivity index (χ0v) is 14.6. The van der Waals surface area contributed by atoms with E-state index in [0.29, 0.717) is 17.0 Å². The Morgan fingerprint density at radius 2 is 1.69 bits per heavy atom. The third kappa shape index (κ3) is 3.83. The number of nitrogens with one attached hydrogen (secondary N) is 1. The largest absolute Gasteiger partial charge is 0.497 e. The van der Waals surface area contributed by atoms with E-state index in [0.717, 1.165) is 10.8 Å². The molecule has 0 spiro atoms. The van der Waals surface area contributed by atoms with Gasteiger partial charge in [-0.05, 0) is 35.9 Å². The smallest absolute Gasteiger partial charge is 0.339 e. The molecule has 132 valence electrons. The Morgan fingerprint density at radius 1 is 0.962 bits per heavy atom. The van der Waals surface area contributed by atoms with Crippen LogP contribution >= 0.6 is 0 Å². The molecule has 3 aromatic rings. The van der Waals surface area contributed by atoms with Crippen molar-refractivity contribution < 1.29 is 19.1 Å². The first-order valence-electron chi connectivity index (χ1n) is 8.22. The standard InChI is InChI=1S/C21H19NO4/c1-14(20(23)22-16-9-6-10-17(13-16)25-2)26-21(24)19-12-5-8-15-7-3-4-11-18(15)19/h3-14H,1-2H3,(H,22,23)/t14-/m0/s1. The topological polar surface area (TPSA) is 64.6 Å². The van der Waals surface area contributed by atoms with Crippen molar-refractivity contribution in [3.63, 3.8) is 0 Å². The van der Waals surface area contributed by atoms with Crippen LogP contribution in [0.5, 0.6) is 5.75 Å². The highest BCUT2D eigenvalue weighted by Gasteiger charge is 2.20. The average molecular weight is 349 g/mol. The maximum Gasteiger partial charge on any atom is 0.339 e. The van der Waals surface area contributed by atoms with E-state index < -0.39 is 18.0 Å². The molecule has 0 heterocycles. The number of fused-ring (bicyclic) bond motifs is 1. The fourth-order valence-corrected chi connectivity index (χ4v) is 2.63. The van der Waals surface area contributed by atoms with Crippen molar-refractivity contribution in [1.82, 2.24) is 0 Å². The molecular formula is C21H19NO4. The zero-order valence-electron chi connectivity index (χ0n) is 14.6. The summed E-state index contributed by atoms with van der Waals surface area (Å²) in [7, 11) is 1.55. The number of anilines is 1. The van der Waals surface area contributed by atoms with Crippen LogP contribution < -0.4 is 10.1 Å². The van der Waals surface area contributed by atoms with Gasteiger partial charge >= 0.3 is 5.97 Å². The fraction of sp³-hybridized carbons (Fsp3) is 0.143. The first kappa shape index (κ1) is 17.5. The van der Waals surface area contributed by atoms with Gasteiger partial charge in [-0.2, -0.15) is 0 Å². The summed E-state index contributed by atoms with van der Waals surface area (Å²) in [5, 5.41) is 4.45. The quantitative estimate of drug-likeness (QED) is 0.706. The third-order valence-corrected chi connectivity index (χ3v) is 4.00. The molecule has 3 rings (SSSR count). The number of methoxy groups -OCH3 is 1. The molecule has 0 unspecified atom stereocenters. The summed E-state index contributed by atoms with van der Waals surface area (Å²) in [6, 6.07) is 19.9. The van der Waals surface area contributed by atoms with E-state index in [4.69, 9.17) is 9.47 Å². The number of ether oxygens (including phenoxy) is 2. The number of hydrogen-bond acceptors (Lipinski definition) is 4. The highest BCUT2D eigenvalue weighted by molar-refractivity contribution is 6.05. The summed E-state index contributed by atoms with van der Waals surface area (Å²) in [4.78, 5) is 24.8. The van der Waals surface area contributed by atoms with Gasteiger partial charge in [0.2, 0.25) is 0 Å². The lowest BCUT2D eigenvalue weighted by Gasteiger charge is -2.14. The summed E-state index contributed by atoms with van der Waals surface area (Å²) < 4.78 is 10.5. The highest BCUT2D eigenvalue weighted by Crippen LogP contribution is 2.20. The monoisotopic (exact) mass is 349 g/mol. The van der Waals surface area contributed by atoms with E-state index in [1.165, 1.54) is 0 Å². The lowest BCUT2D eigenvalue weighted by Crippen LogP contribution is -2.30. The number of rotatable bonds is 5. The van der Waals surface area contributed by atoms with Crippen molar-refractivity contribution in [3.8, 4) is 5.75 Å². The Bertz CT molecular complexity index is 946. The Balaban J connectivity index is 1.71. The second-order valence-electron chi connectivity index (χ2n) is 5.80. The minimum Gasteiger partial charge on any atom is -0.497 e. The van der Waals surface area contributed by atoms with E-state index in [-0.39, 0.29) is 0 Å². The molecule has 1 amide bonds. The minimum absolute atomic E-state index is 0.410. The predicted molar refractivity (Wildman–Crippen MR) is 100 cm³/mol. The van der Waals surface area contributed by atoms with Crippen LogP contribution in [-0.4, -0.2) is 25.1 Å². The van der Waals surface area contributed by atoms with E-state index in [1.807, 2.05) is 30.3 Å². The number of hydrogen-bond donors (Lipinski definition) is 1. The number of carbonyl (C=O) groups excluding carboxylic acids is 2. The second kappa shape index (κ2) is 7.70. The molecule has 1 atom stereocenters. The van der Waals surface area contributed by atoms with Crippen molar-refractivity contribution in [1.29, 1.82) is 0 Å². The molecule has 26 heavy (non-hydrogen) atoms. The molecule has 3 aromatic carbocycles. The van der Waals surface area contributed by atoms with Crippen LogP contribution in [0, 0.1) is 0 Å². The van der Waals surface area contributed by atoms with Gasteiger partial charge in [-0.15, -0.1) is 0 Å². The van der Waals surface area contributed by atoms with Gasteiger partial charge in [-0.3, -0.25) is 4.79 Å². The molecule has 0 aliphatic carbocycles. The van der Waals surface area contributed by atoms with Gasteiger partial charge in [-0.1, -0.05) is 42.5 Å². The number of esters is 1. The van der Waals surface area contributed by atoms with E-state index in [9.17, 15) is 9.59 Å². The maximum absolute atomic E-state index is 12.5. The SMILES string of the molecule is COc1cccc(NC(=O)[C@H](C)OC(=O)c2cccc3ccccc23)c1. The molecule has 0 bridgehead atoms. The zero-order chi connectivity index (χ0) is 18.5. The third-order valence-electron chi connectivity index (χ3n) is 4.00. The summed E-state index contributed by atoms with van der Waals surface area (Å²) in [6.45, 7) is 1.54. The van der Waals surface area contributed by atoms with Gasteiger partial charge < -0.3 is 14.8 Å². The fourth-order valence-electron chi connectivity index (χ4n) is 2.63. The molecule has 5 heteroatoms. The molecule has 0 saturated carbocycles. The van der Waals surface area contributed by atoms with Crippen LogP contribution in [0.15, 0.2) is 66.7 Å². The molecule has 0 fully saturated rings. The summed E-state index contributed by atoms with van der Waals surface area (Å²) >= 11 is 0. The first-order chi connectivity index (χ1) is 12.6. The van der Waals surface area contributed by atoms with Crippen LogP contribution in [-0.2, 0) is 9.53 Å². The molecule has 0 aromatic heterocycles. The van der Waals surface area contributed by atoms with E-state index in [2.05, 4.69) is 5.32 Å². The van der Waals surface area contributed by atoms with Crippen LogP contribution in [0.3, 0.4) is 0 Å². The van der Waals surface area contributed by atoms with Gasteiger partial charge in [0.25, 0.3) is 5.91 Å². The van der Waals surface area contributed by atoms with E-state index in [1.54, 1.807) is 50.4 Å². The molecule has 5 nitrogen and oxygen atoms in total. The summed E-state index contributed by atoms with van der Waals surface area (Å²) in [6.07, 6.45) is -0.937.